The Morgan fingerprint density at radius 1 is 1.40 bits per heavy atom. The zero-order valence-electron chi connectivity index (χ0n) is 15.2. The van der Waals surface area contributed by atoms with Crippen LogP contribution in [0.1, 0.15) is 43.6 Å². The summed E-state index contributed by atoms with van der Waals surface area (Å²) in [5, 5.41) is 3.00. The molecular weight excluding hydrogens is 318 g/mol. The van der Waals surface area contributed by atoms with Crippen molar-refractivity contribution in [1.82, 2.24) is 15.3 Å². The summed E-state index contributed by atoms with van der Waals surface area (Å²) in [6.45, 7) is 3.31. The Bertz CT molecular complexity index is 609. The number of anilines is 1. The molecule has 1 saturated heterocycles. The summed E-state index contributed by atoms with van der Waals surface area (Å²) in [5.41, 5.74) is 6.61. The predicted molar refractivity (Wildman–Crippen MR) is 96.2 cm³/mol. The van der Waals surface area contributed by atoms with Gasteiger partial charge in [-0.05, 0) is 32.1 Å². The van der Waals surface area contributed by atoms with Crippen LogP contribution in [0, 0.1) is 12.8 Å². The first-order valence-electron chi connectivity index (χ1n) is 9.23. The maximum atomic E-state index is 12.8. The van der Waals surface area contributed by atoms with Crippen LogP contribution in [0.3, 0.4) is 0 Å². The van der Waals surface area contributed by atoms with Crippen LogP contribution in [0.2, 0.25) is 0 Å². The molecule has 3 atom stereocenters. The molecule has 1 aromatic rings. The number of fused-ring (bicyclic) bond motifs is 1. The summed E-state index contributed by atoms with van der Waals surface area (Å²) >= 11 is 0. The largest absolute Gasteiger partial charge is 0.383 e. The van der Waals surface area contributed by atoms with Gasteiger partial charge in [0.1, 0.15) is 17.7 Å². The van der Waals surface area contributed by atoms with Crippen LogP contribution < -0.4 is 16.0 Å². The molecule has 138 valence electrons. The second-order valence-electron chi connectivity index (χ2n) is 7.02. The Balaban J connectivity index is 1.87. The van der Waals surface area contributed by atoms with E-state index in [0.717, 1.165) is 24.4 Å². The van der Waals surface area contributed by atoms with Gasteiger partial charge in [0.2, 0.25) is 5.91 Å². The SMILES string of the molecule is COCCNC(=O)[C@@H]1C[C@@H]2CCCC[C@@H]2N1c1cc(CN)nc(C)n1. The number of aryl methyl sites for hydroxylation is 1. The topological polar surface area (TPSA) is 93.4 Å². The highest BCUT2D eigenvalue weighted by Gasteiger charge is 2.45. The molecule has 0 unspecified atom stereocenters. The van der Waals surface area contributed by atoms with Gasteiger partial charge in [-0.3, -0.25) is 4.79 Å². The predicted octanol–water partition coefficient (Wildman–Crippen LogP) is 1.14. The molecule has 2 aliphatic rings. The molecule has 0 aromatic carbocycles. The lowest BCUT2D eigenvalue weighted by molar-refractivity contribution is -0.122. The monoisotopic (exact) mass is 347 g/mol. The van der Waals surface area contributed by atoms with Crippen molar-refractivity contribution in [2.45, 2.75) is 57.7 Å². The van der Waals surface area contributed by atoms with Crippen molar-refractivity contribution < 1.29 is 9.53 Å². The minimum absolute atomic E-state index is 0.0667. The van der Waals surface area contributed by atoms with E-state index in [1.54, 1.807) is 7.11 Å². The highest BCUT2D eigenvalue weighted by atomic mass is 16.5. The molecule has 3 N–H and O–H groups in total. The van der Waals surface area contributed by atoms with E-state index in [0.29, 0.717) is 37.5 Å². The second-order valence-corrected chi connectivity index (χ2v) is 7.02. The van der Waals surface area contributed by atoms with E-state index >= 15 is 0 Å². The van der Waals surface area contributed by atoms with Gasteiger partial charge < -0.3 is 20.7 Å². The zero-order chi connectivity index (χ0) is 17.8. The molecule has 0 bridgehead atoms. The summed E-state index contributed by atoms with van der Waals surface area (Å²) in [6, 6.07) is 2.15. The number of hydrogen-bond acceptors (Lipinski definition) is 6. The van der Waals surface area contributed by atoms with Crippen molar-refractivity contribution in [2.75, 3.05) is 25.2 Å². The van der Waals surface area contributed by atoms with Gasteiger partial charge in [0.15, 0.2) is 0 Å². The van der Waals surface area contributed by atoms with Crippen molar-refractivity contribution >= 4 is 11.7 Å². The summed E-state index contributed by atoms with van der Waals surface area (Å²) in [7, 11) is 1.64. The Labute approximate surface area is 149 Å². The quantitative estimate of drug-likeness (QED) is 0.750. The molecule has 2 fully saturated rings. The van der Waals surface area contributed by atoms with Crippen LogP contribution in [-0.2, 0) is 16.1 Å². The van der Waals surface area contributed by atoms with Crippen LogP contribution >= 0.6 is 0 Å². The number of carbonyl (C=O) groups is 1. The highest BCUT2D eigenvalue weighted by Crippen LogP contribution is 2.41. The number of nitrogens with one attached hydrogen (secondary N) is 1. The van der Waals surface area contributed by atoms with E-state index in [-0.39, 0.29) is 11.9 Å². The third-order valence-corrected chi connectivity index (χ3v) is 5.35. The third kappa shape index (κ3) is 3.93. The lowest BCUT2D eigenvalue weighted by atomic mass is 9.84. The van der Waals surface area contributed by atoms with Gasteiger partial charge in [0.05, 0.1) is 12.3 Å². The van der Waals surface area contributed by atoms with E-state index in [9.17, 15) is 4.79 Å². The Kier molecular flexibility index (Phi) is 5.86. The lowest BCUT2D eigenvalue weighted by Crippen LogP contribution is -2.48. The maximum Gasteiger partial charge on any atom is 0.242 e. The van der Waals surface area contributed by atoms with Crippen LogP contribution in [0.15, 0.2) is 6.07 Å². The van der Waals surface area contributed by atoms with E-state index in [1.807, 2.05) is 13.0 Å². The van der Waals surface area contributed by atoms with Crippen LogP contribution in [0.4, 0.5) is 5.82 Å². The van der Waals surface area contributed by atoms with E-state index in [2.05, 4.69) is 20.2 Å². The maximum absolute atomic E-state index is 12.8. The summed E-state index contributed by atoms with van der Waals surface area (Å²) in [5.74, 6) is 2.17. The van der Waals surface area contributed by atoms with Crippen molar-refractivity contribution in [3.05, 3.63) is 17.6 Å². The normalized spacial score (nSPS) is 25.7. The molecule has 1 saturated carbocycles. The summed E-state index contributed by atoms with van der Waals surface area (Å²) < 4.78 is 5.04. The average molecular weight is 347 g/mol. The number of amides is 1. The smallest absolute Gasteiger partial charge is 0.242 e. The molecule has 1 amide bonds. The molecular formula is C18H29N5O2. The van der Waals surface area contributed by atoms with Crippen molar-refractivity contribution in [3.63, 3.8) is 0 Å². The molecule has 7 heteroatoms. The number of methoxy groups -OCH3 is 1. The van der Waals surface area contributed by atoms with Crippen molar-refractivity contribution in [3.8, 4) is 0 Å². The Morgan fingerprint density at radius 3 is 2.96 bits per heavy atom. The molecule has 25 heavy (non-hydrogen) atoms. The number of nitrogens with two attached hydrogens (primary N) is 1. The van der Waals surface area contributed by atoms with Gasteiger partial charge in [-0.2, -0.15) is 0 Å². The number of ether oxygens (including phenoxy) is 1. The van der Waals surface area contributed by atoms with Crippen LogP contribution in [0.5, 0.6) is 0 Å². The summed E-state index contributed by atoms with van der Waals surface area (Å²) in [4.78, 5) is 24.1. The third-order valence-electron chi connectivity index (χ3n) is 5.35. The lowest BCUT2D eigenvalue weighted by Gasteiger charge is -2.34. The molecule has 2 heterocycles. The molecule has 0 spiro atoms. The van der Waals surface area contributed by atoms with Crippen molar-refractivity contribution in [2.24, 2.45) is 11.7 Å². The summed E-state index contributed by atoms with van der Waals surface area (Å²) in [6.07, 6.45) is 5.67. The van der Waals surface area contributed by atoms with Gasteiger partial charge >= 0.3 is 0 Å². The first kappa shape index (κ1) is 18.1. The standard InChI is InChI=1S/C18H29N5O2/c1-12-21-14(11-19)10-17(22-12)23-15-6-4-3-5-13(15)9-16(23)18(24)20-7-8-25-2/h10,13,15-16H,3-9,11,19H2,1-2H3,(H,20,24)/t13-,15-,16-/m0/s1. The molecule has 7 nitrogen and oxygen atoms in total. The fraction of sp³-hybridized carbons (Fsp3) is 0.722. The molecule has 0 radical (unpaired) electrons. The van der Waals surface area contributed by atoms with E-state index in [4.69, 9.17) is 10.5 Å². The van der Waals surface area contributed by atoms with Gasteiger partial charge in [-0.15, -0.1) is 0 Å². The number of rotatable bonds is 6. The minimum atomic E-state index is -0.176. The second kappa shape index (κ2) is 8.10. The number of hydrogen-bond donors (Lipinski definition) is 2. The van der Waals surface area contributed by atoms with Gasteiger partial charge in [-0.1, -0.05) is 12.8 Å². The fourth-order valence-electron chi connectivity index (χ4n) is 4.27. The van der Waals surface area contributed by atoms with Crippen LogP contribution in [-0.4, -0.2) is 48.2 Å². The molecule has 1 aromatic heterocycles. The van der Waals surface area contributed by atoms with Gasteiger partial charge in [-0.25, -0.2) is 9.97 Å². The Hall–Kier alpha value is -1.73. The molecule has 3 rings (SSSR count). The van der Waals surface area contributed by atoms with E-state index < -0.39 is 0 Å². The average Bonchev–Trinajstić information content (AvgIpc) is 3.01. The highest BCUT2D eigenvalue weighted by molar-refractivity contribution is 5.86. The van der Waals surface area contributed by atoms with Gasteiger partial charge in [0.25, 0.3) is 0 Å². The minimum Gasteiger partial charge on any atom is -0.383 e. The molecule has 1 aliphatic heterocycles. The first-order valence-corrected chi connectivity index (χ1v) is 9.23. The Morgan fingerprint density at radius 2 is 2.20 bits per heavy atom. The fourth-order valence-corrected chi connectivity index (χ4v) is 4.27. The van der Waals surface area contributed by atoms with Gasteiger partial charge in [0, 0.05) is 32.3 Å². The van der Waals surface area contributed by atoms with E-state index in [1.165, 1.54) is 19.3 Å². The number of nitrogens with zero attached hydrogens (tertiary/aromatic N) is 3. The first-order chi connectivity index (χ1) is 12.1. The number of carbonyl (C=O) groups excluding carboxylic acids is 1. The van der Waals surface area contributed by atoms with Crippen molar-refractivity contribution in [1.29, 1.82) is 0 Å². The van der Waals surface area contributed by atoms with Crippen LogP contribution in [0.25, 0.3) is 0 Å². The molecule has 1 aliphatic carbocycles. The number of aromatic nitrogens is 2. The zero-order valence-corrected chi connectivity index (χ0v) is 15.2.